The topological polar surface area (TPSA) is 50.8 Å². The van der Waals surface area contributed by atoms with Gasteiger partial charge in [0.05, 0.1) is 19.3 Å². The van der Waals surface area contributed by atoms with Gasteiger partial charge in [-0.05, 0) is 18.6 Å². The van der Waals surface area contributed by atoms with Crippen molar-refractivity contribution >= 4 is 17.7 Å². The molecule has 2 unspecified atom stereocenters. The quantitative estimate of drug-likeness (QED) is 0.668. The lowest BCUT2D eigenvalue weighted by Gasteiger charge is -2.32. The summed E-state index contributed by atoms with van der Waals surface area (Å²) >= 11 is 1.92. The van der Waals surface area contributed by atoms with Crippen LogP contribution in [0.4, 0.5) is 0 Å². The highest BCUT2D eigenvalue weighted by Gasteiger charge is 2.23. The van der Waals surface area contributed by atoms with Gasteiger partial charge in [-0.1, -0.05) is 18.2 Å². The molecule has 2 atom stereocenters. The Balaban J connectivity index is 1.63. The van der Waals surface area contributed by atoms with Crippen molar-refractivity contribution in [2.75, 3.05) is 32.0 Å². The molecule has 20 heavy (non-hydrogen) atoms. The van der Waals surface area contributed by atoms with Gasteiger partial charge in [-0.25, -0.2) is 0 Å². The summed E-state index contributed by atoms with van der Waals surface area (Å²) in [7, 11) is 0. The zero-order chi connectivity index (χ0) is 13.9. The van der Waals surface area contributed by atoms with E-state index >= 15 is 0 Å². The van der Waals surface area contributed by atoms with Crippen molar-refractivity contribution in [3.8, 4) is 0 Å². The standard InChI is InChI=1S/C15H21N3OS/c1-11-9-18(6-7-19-11)15(16)17-8-12-10-20-14-5-3-2-4-13(12)14/h2-5,11-12H,6-10H2,1H3,(H2,16,17). The highest BCUT2D eigenvalue weighted by Crippen LogP contribution is 2.39. The molecule has 4 nitrogen and oxygen atoms in total. The first-order chi connectivity index (χ1) is 9.74. The fourth-order valence-corrected chi connectivity index (χ4v) is 3.95. The Morgan fingerprint density at radius 3 is 3.20 bits per heavy atom. The first kappa shape index (κ1) is 13.8. The smallest absolute Gasteiger partial charge is 0.191 e. The minimum absolute atomic E-state index is 0.236. The van der Waals surface area contributed by atoms with Gasteiger partial charge in [-0.2, -0.15) is 0 Å². The summed E-state index contributed by atoms with van der Waals surface area (Å²) in [5.41, 5.74) is 7.54. The van der Waals surface area contributed by atoms with E-state index in [1.807, 2.05) is 11.8 Å². The number of thioether (sulfide) groups is 1. The lowest BCUT2D eigenvalue weighted by molar-refractivity contribution is 0.00529. The highest BCUT2D eigenvalue weighted by molar-refractivity contribution is 7.99. The van der Waals surface area contributed by atoms with Gasteiger partial charge in [-0.3, -0.25) is 4.99 Å². The Bertz CT molecular complexity index is 506. The average Bonchev–Trinajstić information content (AvgIpc) is 2.88. The fourth-order valence-electron chi connectivity index (χ4n) is 2.71. The maximum Gasteiger partial charge on any atom is 0.191 e. The summed E-state index contributed by atoms with van der Waals surface area (Å²) in [4.78, 5) is 8.14. The molecule has 0 amide bonds. The Labute approximate surface area is 124 Å². The van der Waals surface area contributed by atoms with Crippen molar-refractivity contribution in [2.45, 2.75) is 23.8 Å². The van der Waals surface area contributed by atoms with Gasteiger partial charge in [0.15, 0.2) is 5.96 Å². The summed E-state index contributed by atoms with van der Waals surface area (Å²) in [5.74, 6) is 2.26. The van der Waals surface area contributed by atoms with Gasteiger partial charge in [0.25, 0.3) is 0 Å². The zero-order valence-electron chi connectivity index (χ0n) is 11.8. The maximum absolute atomic E-state index is 6.12. The number of hydrogen-bond donors (Lipinski definition) is 1. The Morgan fingerprint density at radius 1 is 1.50 bits per heavy atom. The van der Waals surface area contributed by atoms with Gasteiger partial charge in [-0.15, -0.1) is 11.8 Å². The summed E-state index contributed by atoms with van der Waals surface area (Å²) in [6, 6.07) is 8.61. The highest BCUT2D eigenvalue weighted by atomic mass is 32.2. The van der Waals surface area contributed by atoms with Gasteiger partial charge in [0, 0.05) is 29.7 Å². The molecule has 5 heteroatoms. The molecule has 0 spiro atoms. The molecule has 2 aliphatic rings. The number of ether oxygens (including phenoxy) is 1. The predicted molar refractivity (Wildman–Crippen MR) is 83.4 cm³/mol. The molecule has 3 rings (SSSR count). The van der Waals surface area contributed by atoms with E-state index in [-0.39, 0.29) is 6.10 Å². The first-order valence-corrected chi connectivity index (χ1v) is 8.11. The molecule has 0 radical (unpaired) electrons. The van der Waals surface area contributed by atoms with Crippen LogP contribution in [-0.4, -0.2) is 49.0 Å². The second kappa shape index (κ2) is 6.06. The molecule has 1 aromatic rings. The molecule has 1 aromatic carbocycles. The lowest BCUT2D eigenvalue weighted by Crippen LogP contribution is -2.48. The van der Waals surface area contributed by atoms with E-state index in [0.717, 1.165) is 32.0 Å². The molecule has 0 bridgehead atoms. The number of morpholine rings is 1. The molecule has 2 heterocycles. The predicted octanol–water partition coefficient (Wildman–Crippen LogP) is 1.91. The summed E-state index contributed by atoms with van der Waals surface area (Å²) in [6.45, 7) is 5.27. The van der Waals surface area contributed by atoms with Crippen LogP contribution < -0.4 is 5.73 Å². The van der Waals surface area contributed by atoms with Crippen LogP contribution in [-0.2, 0) is 4.74 Å². The number of hydrogen-bond acceptors (Lipinski definition) is 3. The molecule has 1 saturated heterocycles. The Morgan fingerprint density at radius 2 is 2.35 bits per heavy atom. The first-order valence-electron chi connectivity index (χ1n) is 7.12. The summed E-state index contributed by atoms with van der Waals surface area (Å²) < 4.78 is 5.53. The van der Waals surface area contributed by atoms with Gasteiger partial charge >= 0.3 is 0 Å². The molecule has 0 aliphatic carbocycles. The van der Waals surface area contributed by atoms with Crippen molar-refractivity contribution in [2.24, 2.45) is 10.7 Å². The van der Waals surface area contributed by atoms with Crippen LogP contribution >= 0.6 is 11.8 Å². The molecule has 0 aromatic heterocycles. The number of benzene rings is 1. The summed E-state index contributed by atoms with van der Waals surface area (Å²) in [6.07, 6.45) is 0.236. The average molecular weight is 291 g/mol. The molecular weight excluding hydrogens is 270 g/mol. The van der Waals surface area contributed by atoms with E-state index in [0.29, 0.717) is 11.9 Å². The molecule has 2 N–H and O–H groups in total. The van der Waals surface area contributed by atoms with Crippen molar-refractivity contribution in [1.29, 1.82) is 0 Å². The van der Waals surface area contributed by atoms with Gasteiger partial charge in [0.2, 0.25) is 0 Å². The number of aliphatic imine (C=N–C) groups is 1. The van der Waals surface area contributed by atoms with Crippen molar-refractivity contribution < 1.29 is 4.74 Å². The van der Waals surface area contributed by atoms with Crippen LogP contribution in [0.25, 0.3) is 0 Å². The van der Waals surface area contributed by atoms with E-state index in [2.05, 4.69) is 41.1 Å². The number of rotatable bonds is 2. The Kier molecular flexibility index (Phi) is 4.17. The number of guanidine groups is 1. The van der Waals surface area contributed by atoms with Crippen LogP contribution in [0, 0.1) is 0 Å². The van der Waals surface area contributed by atoms with E-state index < -0.39 is 0 Å². The second-order valence-electron chi connectivity index (χ2n) is 5.37. The number of fused-ring (bicyclic) bond motifs is 1. The third-order valence-corrected chi connectivity index (χ3v) is 5.09. The van der Waals surface area contributed by atoms with E-state index in [1.54, 1.807) is 0 Å². The number of nitrogens with two attached hydrogens (primary N) is 1. The van der Waals surface area contributed by atoms with E-state index in [4.69, 9.17) is 10.5 Å². The Hall–Kier alpha value is -1.20. The molecule has 1 fully saturated rings. The third-order valence-electron chi connectivity index (χ3n) is 3.84. The zero-order valence-corrected chi connectivity index (χ0v) is 12.6. The summed E-state index contributed by atoms with van der Waals surface area (Å²) in [5, 5.41) is 0. The van der Waals surface area contributed by atoms with Gasteiger partial charge < -0.3 is 15.4 Å². The molecule has 2 aliphatic heterocycles. The minimum atomic E-state index is 0.236. The van der Waals surface area contributed by atoms with Crippen LogP contribution in [0.5, 0.6) is 0 Å². The van der Waals surface area contributed by atoms with E-state index in [1.165, 1.54) is 10.5 Å². The van der Waals surface area contributed by atoms with Gasteiger partial charge in [0.1, 0.15) is 0 Å². The lowest BCUT2D eigenvalue weighted by atomic mass is 10.0. The molecule has 0 saturated carbocycles. The monoisotopic (exact) mass is 291 g/mol. The second-order valence-corrected chi connectivity index (χ2v) is 6.43. The van der Waals surface area contributed by atoms with E-state index in [9.17, 15) is 0 Å². The number of nitrogens with zero attached hydrogens (tertiary/aromatic N) is 2. The maximum atomic E-state index is 6.12. The normalized spacial score (nSPS) is 26.6. The van der Waals surface area contributed by atoms with Crippen LogP contribution in [0.2, 0.25) is 0 Å². The van der Waals surface area contributed by atoms with Crippen molar-refractivity contribution in [3.05, 3.63) is 29.8 Å². The fraction of sp³-hybridized carbons (Fsp3) is 0.533. The molecular formula is C15H21N3OS. The van der Waals surface area contributed by atoms with Crippen molar-refractivity contribution in [1.82, 2.24) is 4.90 Å². The third kappa shape index (κ3) is 2.94. The molecule has 108 valence electrons. The van der Waals surface area contributed by atoms with Crippen LogP contribution in [0.3, 0.4) is 0 Å². The van der Waals surface area contributed by atoms with Crippen molar-refractivity contribution in [3.63, 3.8) is 0 Å². The largest absolute Gasteiger partial charge is 0.375 e. The van der Waals surface area contributed by atoms with Crippen LogP contribution in [0.1, 0.15) is 18.4 Å². The SMILES string of the molecule is CC1CN(C(N)=NCC2CSc3ccccc32)CCO1. The van der Waals surface area contributed by atoms with Crippen LogP contribution in [0.15, 0.2) is 34.2 Å². The minimum Gasteiger partial charge on any atom is -0.375 e.